The standard InChI is InChI=1S/C12H19N5/c1-4-6-9-8-10(7-5-2)17-12(14-9)15-11(13-3)16-17/h8H,4-7H2,1-3H3,(H,13,16). The lowest BCUT2D eigenvalue weighted by Gasteiger charge is -2.04. The molecule has 2 heterocycles. The fourth-order valence-corrected chi connectivity index (χ4v) is 1.91. The molecule has 0 bridgehead atoms. The number of aromatic nitrogens is 4. The maximum Gasteiger partial charge on any atom is 0.254 e. The highest BCUT2D eigenvalue weighted by Crippen LogP contribution is 2.12. The molecule has 0 saturated carbocycles. The Labute approximate surface area is 101 Å². The molecular formula is C12H19N5. The fourth-order valence-electron chi connectivity index (χ4n) is 1.91. The molecule has 0 radical (unpaired) electrons. The van der Waals surface area contributed by atoms with Crippen molar-refractivity contribution < 1.29 is 0 Å². The van der Waals surface area contributed by atoms with Crippen molar-refractivity contribution in [2.24, 2.45) is 0 Å². The van der Waals surface area contributed by atoms with Crippen molar-refractivity contribution in [3.63, 3.8) is 0 Å². The zero-order chi connectivity index (χ0) is 12.3. The van der Waals surface area contributed by atoms with Crippen LogP contribution in [0.5, 0.6) is 0 Å². The topological polar surface area (TPSA) is 55.1 Å². The van der Waals surface area contributed by atoms with Crippen molar-refractivity contribution in [3.05, 3.63) is 17.5 Å². The largest absolute Gasteiger partial charge is 0.356 e. The van der Waals surface area contributed by atoms with Gasteiger partial charge in [-0.2, -0.15) is 9.50 Å². The Hall–Kier alpha value is -1.65. The Morgan fingerprint density at radius 2 is 1.94 bits per heavy atom. The highest BCUT2D eigenvalue weighted by Gasteiger charge is 2.09. The molecule has 0 aromatic carbocycles. The van der Waals surface area contributed by atoms with E-state index in [9.17, 15) is 0 Å². The van der Waals surface area contributed by atoms with E-state index >= 15 is 0 Å². The summed E-state index contributed by atoms with van der Waals surface area (Å²) >= 11 is 0. The maximum atomic E-state index is 4.53. The Kier molecular flexibility index (Phi) is 3.56. The van der Waals surface area contributed by atoms with Gasteiger partial charge in [0.2, 0.25) is 5.95 Å². The molecule has 0 unspecified atom stereocenters. The monoisotopic (exact) mass is 233 g/mol. The lowest BCUT2D eigenvalue weighted by Crippen LogP contribution is -2.04. The Balaban J connectivity index is 2.52. The minimum Gasteiger partial charge on any atom is -0.356 e. The predicted molar refractivity (Wildman–Crippen MR) is 68.3 cm³/mol. The summed E-state index contributed by atoms with van der Waals surface area (Å²) in [5, 5.41) is 7.34. The van der Waals surface area contributed by atoms with Crippen molar-refractivity contribution >= 4 is 11.7 Å². The molecule has 0 fully saturated rings. The van der Waals surface area contributed by atoms with Crippen LogP contribution in [-0.2, 0) is 12.8 Å². The maximum absolute atomic E-state index is 4.53. The van der Waals surface area contributed by atoms with Crippen LogP contribution in [0.15, 0.2) is 6.07 Å². The average molecular weight is 233 g/mol. The zero-order valence-electron chi connectivity index (χ0n) is 10.7. The highest BCUT2D eigenvalue weighted by atomic mass is 15.4. The molecule has 5 heteroatoms. The molecule has 0 aliphatic carbocycles. The zero-order valence-corrected chi connectivity index (χ0v) is 10.7. The van der Waals surface area contributed by atoms with Crippen LogP contribution in [0, 0.1) is 0 Å². The van der Waals surface area contributed by atoms with Crippen LogP contribution < -0.4 is 5.32 Å². The first kappa shape index (κ1) is 11.8. The second-order valence-corrected chi connectivity index (χ2v) is 4.14. The number of fused-ring (bicyclic) bond motifs is 1. The summed E-state index contributed by atoms with van der Waals surface area (Å²) in [6.07, 6.45) is 4.19. The summed E-state index contributed by atoms with van der Waals surface area (Å²) in [5.41, 5.74) is 2.30. The first-order valence-electron chi connectivity index (χ1n) is 6.21. The van der Waals surface area contributed by atoms with Gasteiger partial charge in [-0.05, 0) is 18.9 Å². The van der Waals surface area contributed by atoms with Crippen LogP contribution in [-0.4, -0.2) is 26.6 Å². The Bertz CT molecular complexity index is 503. The van der Waals surface area contributed by atoms with Gasteiger partial charge in [0.05, 0.1) is 0 Å². The number of rotatable bonds is 5. The lowest BCUT2D eigenvalue weighted by atomic mass is 10.2. The van der Waals surface area contributed by atoms with Crippen LogP contribution in [0.1, 0.15) is 38.1 Å². The fraction of sp³-hybridized carbons (Fsp3) is 0.583. The third-order valence-electron chi connectivity index (χ3n) is 2.67. The normalized spacial score (nSPS) is 11.0. The molecule has 0 aliphatic heterocycles. The third kappa shape index (κ3) is 2.38. The molecule has 2 aromatic rings. The second-order valence-electron chi connectivity index (χ2n) is 4.14. The summed E-state index contributed by atoms with van der Waals surface area (Å²) < 4.78 is 1.84. The predicted octanol–water partition coefficient (Wildman–Crippen LogP) is 2.07. The smallest absolute Gasteiger partial charge is 0.254 e. The first-order valence-corrected chi connectivity index (χ1v) is 6.21. The van der Waals surface area contributed by atoms with Gasteiger partial charge in [-0.1, -0.05) is 26.7 Å². The molecule has 0 amide bonds. The molecule has 0 atom stereocenters. The van der Waals surface area contributed by atoms with Crippen molar-refractivity contribution in [1.29, 1.82) is 0 Å². The summed E-state index contributed by atoms with van der Waals surface area (Å²) in [5.74, 6) is 1.33. The lowest BCUT2D eigenvalue weighted by molar-refractivity contribution is 0.777. The summed E-state index contributed by atoms with van der Waals surface area (Å²) in [4.78, 5) is 8.87. The van der Waals surface area contributed by atoms with Gasteiger partial charge in [0.25, 0.3) is 5.78 Å². The molecule has 2 aromatic heterocycles. The third-order valence-corrected chi connectivity index (χ3v) is 2.67. The minimum absolute atomic E-state index is 0.628. The number of aryl methyl sites for hydroxylation is 2. The van der Waals surface area contributed by atoms with E-state index in [0.29, 0.717) is 11.7 Å². The van der Waals surface area contributed by atoms with Gasteiger partial charge in [-0.25, -0.2) is 4.98 Å². The summed E-state index contributed by atoms with van der Waals surface area (Å²) in [6.45, 7) is 4.33. The van der Waals surface area contributed by atoms with Crippen molar-refractivity contribution in [1.82, 2.24) is 19.6 Å². The van der Waals surface area contributed by atoms with Crippen molar-refractivity contribution in [2.75, 3.05) is 12.4 Å². The number of nitrogens with one attached hydrogen (secondary N) is 1. The van der Waals surface area contributed by atoms with Gasteiger partial charge in [0.1, 0.15) is 0 Å². The SMILES string of the molecule is CCCc1cc(CCC)n2nc(NC)nc2n1. The number of anilines is 1. The van der Waals surface area contributed by atoms with E-state index in [-0.39, 0.29) is 0 Å². The molecule has 1 N–H and O–H groups in total. The van der Waals surface area contributed by atoms with E-state index in [1.807, 2.05) is 11.6 Å². The van der Waals surface area contributed by atoms with E-state index in [1.165, 1.54) is 5.69 Å². The van der Waals surface area contributed by atoms with Gasteiger partial charge in [-0.3, -0.25) is 0 Å². The second kappa shape index (κ2) is 5.12. The summed E-state index contributed by atoms with van der Waals surface area (Å²) in [6, 6.07) is 2.15. The van der Waals surface area contributed by atoms with E-state index in [4.69, 9.17) is 0 Å². The van der Waals surface area contributed by atoms with Crippen LogP contribution in [0.4, 0.5) is 5.95 Å². The first-order chi connectivity index (χ1) is 8.28. The number of nitrogens with zero attached hydrogens (tertiary/aromatic N) is 4. The molecule has 0 aliphatic rings. The highest BCUT2D eigenvalue weighted by molar-refractivity contribution is 5.38. The van der Waals surface area contributed by atoms with Crippen LogP contribution in [0.3, 0.4) is 0 Å². The molecule has 17 heavy (non-hydrogen) atoms. The quantitative estimate of drug-likeness (QED) is 0.859. The van der Waals surface area contributed by atoms with E-state index in [1.54, 1.807) is 0 Å². The molecule has 0 spiro atoms. The van der Waals surface area contributed by atoms with Gasteiger partial charge in [-0.15, -0.1) is 5.10 Å². The molecular weight excluding hydrogens is 214 g/mol. The van der Waals surface area contributed by atoms with Crippen molar-refractivity contribution in [2.45, 2.75) is 39.5 Å². The number of hydrogen-bond donors (Lipinski definition) is 1. The summed E-state index contributed by atoms with van der Waals surface area (Å²) in [7, 11) is 1.82. The number of hydrogen-bond acceptors (Lipinski definition) is 4. The van der Waals surface area contributed by atoms with Gasteiger partial charge >= 0.3 is 0 Å². The van der Waals surface area contributed by atoms with Crippen LogP contribution in [0.2, 0.25) is 0 Å². The average Bonchev–Trinajstić information content (AvgIpc) is 2.73. The molecule has 5 nitrogen and oxygen atoms in total. The minimum atomic E-state index is 0.628. The molecule has 92 valence electrons. The molecule has 2 rings (SSSR count). The van der Waals surface area contributed by atoms with E-state index in [2.05, 4.69) is 40.3 Å². The van der Waals surface area contributed by atoms with Gasteiger partial charge < -0.3 is 5.32 Å². The molecule has 0 saturated heterocycles. The van der Waals surface area contributed by atoms with Crippen molar-refractivity contribution in [3.8, 4) is 0 Å². The van der Waals surface area contributed by atoms with Gasteiger partial charge in [0, 0.05) is 18.4 Å². The van der Waals surface area contributed by atoms with E-state index < -0.39 is 0 Å². The Morgan fingerprint density at radius 1 is 1.18 bits per heavy atom. The van der Waals surface area contributed by atoms with E-state index in [0.717, 1.165) is 31.4 Å². The van der Waals surface area contributed by atoms with Crippen LogP contribution in [0.25, 0.3) is 5.78 Å². The Morgan fingerprint density at radius 3 is 2.59 bits per heavy atom. The van der Waals surface area contributed by atoms with Crippen LogP contribution >= 0.6 is 0 Å². The van der Waals surface area contributed by atoms with Gasteiger partial charge in [0.15, 0.2) is 0 Å².